The summed E-state index contributed by atoms with van der Waals surface area (Å²) in [6.07, 6.45) is 4.01. The van der Waals surface area contributed by atoms with Gasteiger partial charge in [-0.1, -0.05) is 38.0 Å². The predicted molar refractivity (Wildman–Crippen MR) is 101 cm³/mol. The Balaban J connectivity index is 2.23. The highest BCUT2D eigenvalue weighted by molar-refractivity contribution is 7.78. The summed E-state index contributed by atoms with van der Waals surface area (Å²) in [7, 11) is 0. The van der Waals surface area contributed by atoms with Gasteiger partial charge in [-0.15, -0.1) is 0 Å². The molecule has 0 bridgehead atoms. The highest BCUT2D eigenvalue weighted by Gasteiger charge is 2.11. The topological polar surface area (TPSA) is 12.4 Å². The predicted octanol–water partition coefficient (Wildman–Crippen LogP) is 6.50. The van der Waals surface area contributed by atoms with Crippen molar-refractivity contribution >= 4 is 23.1 Å². The van der Waals surface area contributed by atoms with Gasteiger partial charge in [-0.05, 0) is 49.3 Å². The van der Waals surface area contributed by atoms with Crippen LogP contribution in [0.2, 0.25) is 0 Å². The minimum atomic E-state index is -0.948. The second kappa shape index (κ2) is 10.0. The van der Waals surface area contributed by atoms with E-state index >= 15 is 0 Å². The highest BCUT2D eigenvalue weighted by Crippen LogP contribution is 2.23. The van der Waals surface area contributed by atoms with E-state index in [1.165, 1.54) is 0 Å². The van der Waals surface area contributed by atoms with E-state index in [-0.39, 0.29) is 16.7 Å². The van der Waals surface area contributed by atoms with Crippen LogP contribution in [0.3, 0.4) is 0 Å². The number of hydrogen-bond acceptors (Lipinski definition) is 2. The van der Waals surface area contributed by atoms with Gasteiger partial charge in [0, 0.05) is 16.7 Å². The van der Waals surface area contributed by atoms with Crippen molar-refractivity contribution in [2.45, 2.75) is 39.0 Å². The van der Waals surface area contributed by atoms with E-state index in [4.69, 9.17) is 0 Å². The van der Waals surface area contributed by atoms with Gasteiger partial charge in [0.15, 0.2) is 11.6 Å². The van der Waals surface area contributed by atoms with Crippen molar-refractivity contribution in [2.75, 3.05) is 0 Å². The maximum atomic E-state index is 14.2. The molecule has 2 aromatic rings. The lowest BCUT2D eigenvalue weighted by Gasteiger charge is -2.05. The Hall–Kier alpha value is -2.48. The van der Waals surface area contributed by atoms with Crippen molar-refractivity contribution in [3.05, 3.63) is 64.2 Å². The molecule has 0 aromatic heterocycles. The normalized spacial score (nSPS) is 10.1. The number of thiocarbonyl (C=S) groups is 1. The van der Waals surface area contributed by atoms with Gasteiger partial charge < -0.3 is 0 Å². The fourth-order valence-electron chi connectivity index (χ4n) is 2.58. The number of rotatable bonds is 6. The first kappa shape index (κ1) is 20.8. The minimum Gasteiger partial charge on any atom is -0.207 e. The summed E-state index contributed by atoms with van der Waals surface area (Å²) in [6, 6.07) is 4.19. The SMILES string of the molecule is CCCCCCc1c(F)cc(C#Cc2cc(F)c(N=C=S)c(F)c2)cc1F. The first-order chi connectivity index (χ1) is 13.0. The van der Waals surface area contributed by atoms with Crippen molar-refractivity contribution in [3.63, 3.8) is 0 Å². The van der Waals surface area contributed by atoms with Gasteiger partial charge in [0.2, 0.25) is 0 Å². The second-order valence-corrected chi connectivity index (χ2v) is 6.15. The third-order valence-electron chi connectivity index (χ3n) is 3.95. The standard InChI is InChI=1S/C21H17F4NS/c1-2-3-4-5-6-16-17(22)9-14(10-18(16)23)7-8-15-11-19(24)21(26-13-27)20(25)12-15/h9-12H,2-6H2,1H3. The van der Waals surface area contributed by atoms with Crippen molar-refractivity contribution in [1.82, 2.24) is 0 Å². The van der Waals surface area contributed by atoms with Crippen LogP contribution >= 0.6 is 12.2 Å². The molecule has 0 aliphatic heterocycles. The Bertz CT molecular complexity index is 891. The average Bonchev–Trinajstić information content (AvgIpc) is 2.62. The number of halogens is 4. The number of isothiocyanates is 1. The minimum absolute atomic E-state index is 0.0118. The van der Waals surface area contributed by atoms with Crippen LogP contribution in [0.5, 0.6) is 0 Å². The molecule has 1 nitrogen and oxygen atoms in total. The van der Waals surface area contributed by atoms with Crippen LogP contribution in [0.4, 0.5) is 23.2 Å². The van der Waals surface area contributed by atoms with Gasteiger partial charge >= 0.3 is 0 Å². The van der Waals surface area contributed by atoms with Gasteiger partial charge in [-0.2, -0.15) is 4.99 Å². The molecule has 0 aliphatic carbocycles. The molecular weight excluding hydrogens is 374 g/mol. The van der Waals surface area contributed by atoms with Crippen LogP contribution in [0, 0.1) is 35.1 Å². The first-order valence-corrected chi connectivity index (χ1v) is 8.94. The van der Waals surface area contributed by atoms with Crippen LogP contribution in [-0.2, 0) is 6.42 Å². The molecule has 6 heteroatoms. The third-order valence-corrected chi connectivity index (χ3v) is 4.04. The first-order valence-electron chi connectivity index (χ1n) is 8.53. The molecule has 0 aliphatic rings. The van der Waals surface area contributed by atoms with Gasteiger partial charge in [0.05, 0.1) is 5.16 Å². The van der Waals surface area contributed by atoms with Crippen molar-refractivity contribution in [1.29, 1.82) is 0 Å². The summed E-state index contributed by atoms with van der Waals surface area (Å²) < 4.78 is 55.9. The molecule has 0 spiro atoms. The van der Waals surface area contributed by atoms with Gasteiger partial charge in [-0.3, -0.25) is 0 Å². The second-order valence-electron chi connectivity index (χ2n) is 5.97. The average molecular weight is 391 g/mol. The summed E-state index contributed by atoms with van der Waals surface area (Å²) in [5, 5.41) is 1.89. The molecule has 0 N–H and O–H groups in total. The third kappa shape index (κ3) is 5.75. The zero-order valence-corrected chi connectivity index (χ0v) is 15.5. The van der Waals surface area contributed by atoms with Gasteiger partial charge in [0.1, 0.15) is 17.3 Å². The van der Waals surface area contributed by atoms with Gasteiger partial charge in [-0.25, -0.2) is 17.6 Å². The molecule has 0 radical (unpaired) electrons. The number of benzene rings is 2. The lowest BCUT2D eigenvalue weighted by molar-refractivity contribution is 0.542. The number of hydrogen-bond donors (Lipinski definition) is 0. The van der Waals surface area contributed by atoms with E-state index in [0.29, 0.717) is 12.8 Å². The summed E-state index contributed by atoms with van der Waals surface area (Å²) in [5.41, 5.74) is -0.418. The van der Waals surface area contributed by atoms with Gasteiger partial charge in [0.25, 0.3) is 0 Å². The van der Waals surface area contributed by atoms with E-state index in [1.54, 1.807) is 0 Å². The summed E-state index contributed by atoms with van der Waals surface area (Å²) in [6.45, 7) is 2.06. The molecule has 0 heterocycles. The molecular formula is C21H17F4NS. The zero-order chi connectivity index (χ0) is 19.8. The summed E-state index contributed by atoms with van der Waals surface area (Å²) in [4.78, 5) is 3.30. The van der Waals surface area contributed by atoms with E-state index < -0.39 is 29.0 Å². The Morgan fingerprint density at radius 1 is 0.815 bits per heavy atom. The van der Waals surface area contributed by atoms with E-state index in [1.807, 2.05) is 5.16 Å². The number of nitrogens with zero attached hydrogens (tertiary/aromatic N) is 1. The number of unbranched alkanes of at least 4 members (excludes halogenated alkanes) is 3. The van der Waals surface area contributed by atoms with Crippen molar-refractivity contribution in [3.8, 4) is 11.8 Å². The fourth-order valence-corrected chi connectivity index (χ4v) is 2.67. The Morgan fingerprint density at radius 2 is 1.33 bits per heavy atom. The molecule has 0 unspecified atom stereocenters. The molecule has 0 saturated heterocycles. The van der Waals surface area contributed by atoms with E-state index in [2.05, 4.69) is 36.0 Å². The quantitative estimate of drug-likeness (QED) is 0.180. The Kier molecular flexibility index (Phi) is 7.72. The molecule has 2 aromatic carbocycles. The highest BCUT2D eigenvalue weighted by atomic mass is 32.1. The largest absolute Gasteiger partial charge is 0.207 e. The lowest BCUT2D eigenvalue weighted by Crippen LogP contribution is -1.97. The van der Waals surface area contributed by atoms with Crippen molar-refractivity contribution < 1.29 is 17.6 Å². The molecule has 2 rings (SSSR count). The fraction of sp³-hybridized carbons (Fsp3) is 0.286. The molecule has 0 saturated carbocycles. The van der Waals surface area contributed by atoms with Crippen LogP contribution in [0.15, 0.2) is 29.3 Å². The molecule has 0 amide bonds. The van der Waals surface area contributed by atoms with Crippen LogP contribution in [-0.4, -0.2) is 5.16 Å². The molecule has 0 fully saturated rings. The summed E-state index contributed by atoms with van der Waals surface area (Å²) >= 11 is 4.33. The van der Waals surface area contributed by atoms with Crippen molar-refractivity contribution in [2.24, 2.45) is 4.99 Å². The molecule has 140 valence electrons. The zero-order valence-electron chi connectivity index (χ0n) is 14.7. The molecule has 0 atom stereocenters. The Morgan fingerprint density at radius 3 is 1.81 bits per heavy atom. The van der Waals surface area contributed by atoms with Crippen LogP contribution in [0.1, 0.15) is 49.3 Å². The van der Waals surface area contributed by atoms with Crippen LogP contribution < -0.4 is 0 Å². The summed E-state index contributed by atoms with van der Waals surface area (Å²) in [5.74, 6) is 1.79. The lowest BCUT2D eigenvalue weighted by atomic mass is 10.0. The van der Waals surface area contributed by atoms with Crippen LogP contribution in [0.25, 0.3) is 0 Å². The molecule has 27 heavy (non-hydrogen) atoms. The van der Waals surface area contributed by atoms with E-state index in [0.717, 1.165) is 43.5 Å². The number of aliphatic imine (C=N–C) groups is 1. The van der Waals surface area contributed by atoms with E-state index in [9.17, 15) is 17.6 Å². The maximum absolute atomic E-state index is 14.2. The monoisotopic (exact) mass is 391 g/mol. The smallest absolute Gasteiger partial charge is 0.153 e. The Labute approximate surface area is 161 Å². The maximum Gasteiger partial charge on any atom is 0.153 e.